The van der Waals surface area contributed by atoms with Gasteiger partial charge in [-0.05, 0) is 39.1 Å². The first-order valence-electron chi connectivity index (χ1n) is 7.27. The molecule has 0 saturated heterocycles. The van der Waals surface area contributed by atoms with E-state index in [1.54, 1.807) is 40.1 Å². The first-order valence-corrected chi connectivity index (χ1v) is 9.03. The minimum atomic E-state index is -2.58. The highest BCUT2D eigenvalue weighted by Gasteiger charge is 2.24. The van der Waals surface area contributed by atoms with Crippen LogP contribution in [-0.4, -0.2) is 47.9 Å². The highest BCUT2D eigenvalue weighted by atomic mass is 32.2. The Kier molecular flexibility index (Phi) is 7.47. The molecule has 0 fully saturated rings. The molecule has 1 aromatic heterocycles. The monoisotopic (exact) mass is 380 g/mol. The van der Waals surface area contributed by atoms with Crippen LogP contribution in [0.4, 0.5) is 13.6 Å². The largest absolute Gasteiger partial charge is 0.444 e. The van der Waals surface area contributed by atoms with Gasteiger partial charge in [-0.15, -0.1) is 11.3 Å². The lowest BCUT2D eigenvalue weighted by molar-refractivity contribution is 0.0234. The lowest BCUT2D eigenvalue weighted by Gasteiger charge is -2.28. The number of halogens is 2. The number of thioether (sulfide) groups is 1. The number of carbonyl (C=O) groups is 2. The van der Waals surface area contributed by atoms with Crippen molar-refractivity contribution < 1.29 is 23.1 Å². The molecule has 9 heteroatoms. The molecule has 1 atom stereocenters. The summed E-state index contributed by atoms with van der Waals surface area (Å²) in [4.78, 5) is 26.0. The van der Waals surface area contributed by atoms with Gasteiger partial charge < -0.3 is 15.0 Å². The van der Waals surface area contributed by atoms with E-state index in [9.17, 15) is 18.4 Å². The molecule has 1 aromatic rings. The SMILES string of the molecule is C[C@@H](CNC(=O)c1sccc1SC(F)F)N(C)C(=O)OC(C)(C)C. The van der Waals surface area contributed by atoms with Gasteiger partial charge in [0, 0.05) is 24.5 Å². The van der Waals surface area contributed by atoms with Gasteiger partial charge in [-0.3, -0.25) is 4.79 Å². The fourth-order valence-electron chi connectivity index (χ4n) is 1.62. The van der Waals surface area contributed by atoms with Gasteiger partial charge in [-0.1, -0.05) is 11.8 Å². The van der Waals surface area contributed by atoms with E-state index in [0.29, 0.717) is 11.8 Å². The Balaban J connectivity index is 2.57. The molecular weight excluding hydrogens is 358 g/mol. The predicted molar refractivity (Wildman–Crippen MR) is 92.0 cm³/mol. The van der Waals surface area contributed by atoms with Crippen LogP contribution in [0.1, 0.15) is 37.4 Å². The number of nitrogens with one attached hydrogen (secondary N) is 1. The van der Waals surface area contributed by atoms with E-state index in [0.717, 1.165) is 11.3 Å². The molecule has 0 aliphatic rings. The van der Waals surface area contributed by atoms with E-state index in [-0.39, 0.29) is 22.4 Å². The summed E-state index contributed by atoms with van der Waals surface area (Å²) in [5, 5.41) is 4.25. The summed E-state index contributed by atoms with van der Waals surface area (Å²) in [6.45, 7) is 7.25. The van der Waals surface area contributed by atoms with Crippen molar-refractivity contribution in [2.24, 2.45) is 0 Å². The zero-order valence-electron chi connectivity index (χ0n) is 14.3. The Morgan fingerprint density at radius 2 is 2.04 bits per heavy atom. The van der Waals surface area contributed by atoms with Crippen LogP contribution in [0.3, 0.4) is 0 Å². The van der Waals surface area contributed by atoms with Crippen molar-refractivity contribution in [1.82, 2.24) is 10.2 Å². The number of likely N-dealkylation sites (N-methyl/N-ethyl adjacent to an activating group) is 1. The normalized spacial score (nSPS) is 12.8. The highest BCUT2D eigenvalue weighted by Crippen LogP contribution is 2.31. The second kappa shape index (κ2) is 8.66. The molecule has 1 rings (SSSR count). The maximum atomic E-state index is 12.5. The molecule has 0 aliphatic carbocycles. The molecule has 24 heavy (non-hydrogen) atoms. The molecule has 0 aromatic carbocycles. The Labute approximate surface area is 148 Å². The molecule has 0 bridgehead atoms. The fraction of sp³-hybridized carbons (Fsp3) is 0.600. The Hall–Kier alpha value is -1.35. The number of amides is 2. The maximum Gasteiger partial charge on any atom is 0.410 e. The zero-order chi connectivity index (χ0) is 18.5. The van der Waals surface area contributed by atoms with E-state index in [4.69, 9.17) is 4.74 Å². The Morgan fingerprint density at radius 1 is 1.42 bits per heavy atom. The topological polar surface area (TPSA) is 58.6 Å². The Morgan fingerprint density at radius 3 is 2.58 bits per heavy atom. The number of ether oxygens (including phenoxy) is 1. The van der Waals surface area contributed by atoms with E-state index in [1.165, 1.54) is 11.0 Å². The van der Waals surface area contributed by atoms with Crippen LogP contribution in [-0.2, 0) is 4.74 Å². The number of nitrogens with zero attached hydrogens (tertiary/aromatic N) is 1. The average Bonchev–Trinajstić information content (AvgIpc) is 2.88. The van der Waals surface area contributed by atoms with Gasteiger partial charge in [0.2, 0.25) is 0 Å². The van der Waals surface area contributed by atoms with Crippen molar-refractivity contribution in [3.05, 3.63) is 16.3 Å². The number of rotatable bonds is 6. The number of hydrogen-bond donors (Lipinski definition) is 1. The zero-order valence-corrected chi connectivity index (χ0v) is 15.9. The molecule has 136 valence electrons. The molecule has 0 aliphatic heterocycles. The summed E-state index contributed by atoms with van der Waals surface area (Å²) in [7, 11) is 1.58. The third kappa shape index (κ3) is 6.64. The molecule has 5 nitrogen and oxygen atoms in total. The Bertz CT molecular complexity index is 573. The lowest BCUT2D eigenvalue weighted by atomic mass is 10.2. The second-order valence-electron chi connectivity index (χ2n) is 6.14. The molecule has 2 amide bonds. The third-order valence-corrected chi connectivity index (χ3v) is 4.77. The lowest BCUT2D eigenvalue weighted by Crippen LogP contribution is -2.45. The summed E-state index contributed by atoms with van der Waals surface area (Å²) in [5.74, 6) is -3.01. The maximum absolute atomic E-state index is 12.5. The van der Waals surface area contributed by atoms with Gasteiger partial charge in [-0.25, -0.2) is 4.79 Å². The van der Waals surface area contributed by atoms with Crippen molar-refractivity contribution >= 4 is 35.1 Å². The van der Waals surface area contributed by atoms with Crippen LogP contribution >= 0.6 is 23.1 Å². The minimum absolute atomic E-state index is 0.186. The second-order valence-corrected chi connectivity index (χ2v) is 8.09. The molecular formula is C15H22F2N2O3S2. The number of hydrogen-bond acceptors (Lipinski definition) is 5. The summed E-state index contributed by atoms with van der Waals surface area (Å²) < 4.78 is 30.2. The molecule has 0 unspecified atom stereocenters. The van der Waals surface area contributed by atoms with Gasteiger partial charge in [0.05, 0.1) is 0 Å². The number of carbonyl (C=O) groups excluding carboxylic acids is 2. The molecule has 0 saturated carbocycles. The van der Waals surface area contributed by atoms with E-state index >= 15 is 0 Å². The van der Waals surface area contributed by atoms with Gasteiger partial charge in [0.1, 0.15) is 10.5 Å². The molecule has 0 spiro atoms. The van der Waals surface area contributed by atoms with Crippen molar-refractivity contribution in [3.8, 4) is 0 Å². The van der Waals surface area contributed by atoms with E-state index in [1.807, 2.05) is 0 Å². The van der Waals surface area contributed by atoms with E-state index in [2.05, 4.69) is 5.32 Å². The predicted octanol–water partition coefficient (Wildman–Crippen LogP) is 4.05. The van der Waals surface area contributed by atoms with Gasteiger partial charge in [0.25, 0.3) is 11.7 Å². The summed E-state index contributed by atoms with van der Waals surface area (Å²) >= 11 is 1.45. The summed E-state index contributed by atoms with van der Waals surface area (Å²) in [6, 6.07) is 1.18. The van der Waals surface area contributed by atoms with Gasteiger partial charge in [0.15, 0.2) is 0 Å². The third-order valence-electron chi connectivity index (χ3n) is 2.95. The van der Waals surface area contributed by atoms with Crippen LogP contribution in [0.25, 0.3) is 0 Å². The fourth-order valence-corrected chi connectivity index (χ4v) is 3.24. The van der Waals surface area contributed by atoms with Gasteiger partial charge in [-0.2, -0.15) is 8.78 Å². The van der Waals surface area contributed by atoms with Crippen LogP contribution in [0.15, 0.2) is 16.3 Å². The minimum Gasteiger partial charge on any atom is -0.444 e. The van der Waals surface area contributed by atoms with E-state index < -0.39 is 23.4 Å². The van der Waals surface area contributed by atoms with Crippen LogP contribution in [0.5, 0.6) is 0 Å². The number of alkyl halides is 2. The molecule has 1 N–H and O–H groups in total. The quantitative estimate of drug-likeness (QED) is 0.757. The van der Waals surface area contributed by atoms with Crippen LogP contribution < -0.4 is 5.32 Å². The first kappa shape index (κ1) is 20.7. The molecule has 0 radical (unpaired) electrons. The smallest absolute Gasteiger partial charge is 0.410 e. The van der Waals surface area contributed by atoms with Crippen molar-refractivity contribution in [3.63, 3.8) is 0 Å². The molecule has 1 heterocycles. The van der Waals surface area contributed by atoms with Crippen molar-refractivity contribution in [2.45, 2.75) is 50.0 Å². The first-order chi connectivity index (χ1) is 11.0. The summed E-state index contributed by atoms with van der Waals surface area (Å²) in [5.41, 5.74) is -0.604. The van der Waals surface area contributed by atoms with Crippen LogP contribution in [0, 0.1) is 0 Å². The highest BCUT2D eigenvalue weighted by molar-refractivity contribution is 7.99. The number of thiophene rings is 1. The average molecular weight is 380 g/mol. The van der Waals surface area contributed by atoms with Crippen molar-refractivity contribution in [2.75, 3.05) is 13.6 Å². The van der Waals surface area contributed by atoms with Crippen LogP contribution in [0.2, 0.25) is 0 Å². The standard InChI is InChI=1S/C15H22F2N2O3S2/c1-9(19(5)14(21)22-15(2,3)4)8-18-12(20)11-10(6-7-23-11)24-13(16)17/h6-7,9,13H,8H2,1-5H3,(H,18,20)/t9-/m0/s1. The summed E-state index contributed by atoms with van der Waals surface area (Å²) in [6.07, 6.45) is -0.491. The van der Waals surface area contributed by atoms with Crippen molar-refractivity contribution in [1.29, 1.82) is 0 Å². The van der Waals surface area contributed by atoms with Gasteiger partial charge >= 0.3 is 6.09 Å².